The molecule has 7 nitrogen and oxygen atoms in total. The van der Waals surface area contributed by atoms with Crippen LogP contribution in [0.5, 0.6) is 11.5 Å². The van der Waals surface area contributed by atoms with Gasteiger partial charge in [0.05, 0.1) is 24.4 Å². The standard InChI is InChI=1S/C28H24BrClN2O5S/c1-17-4-6-18(7-5-17)16-37-26-22(29)12-19(14-24(26)35-2)13-23-27(34)32(21-10-8-20(30)9-11-21)28(38)31(23)15-25(33)36-3/h4-14H,15-16H2,1-3H3/b23-13-. The van der Waals surface area contributed by atoms with Gasteiger partial charge in [0.15, 0.2) is 16.6 Å². The Labute approximate surface area is 239 Å². The molecule has 196 valence electrons. The van der Waals surface area contributed by atoms with Crippen molar-refractivity contribution in [2.75, 3.05) is 25.7 Å². The zero-order valence-electron chi connectivity index (χ0n) is 20.9. The lowest BCUT2D eigenvalue weighted by Gasteiger charge is -2.19. The number of nitrogens with zero attached hydrogens (tertiary/aromatic N) is 2. The maximum absolute atomic E-state index is 13.6. The number of benzene rings is 3. The zero-order valence-corrected chi connectivity index (χ0v) is 24.0. The molecule has 0 radical (unpaired) electrons. The highest BCUT2D eigenvalue weighted by atomic mass is 79.9. The van der Waals surface area contributed by atoms with E-state index >= 15 is 0 Å². The molecule has 0 unspecified atom stereocenters. The van der Waals surface area contributed by atoms with Crippen molar-refractivity contribution in [3.63, 3.8) is 0 Å². The Morgan fingerprint density at radius 2 is 1.76 bits per heavy atom. The minimum atomic E-state index is -0.539. The first kappa shape index (κ1) is 27.6. The number of halogens is 2. The first-order chi connectivity index (χ1) is 18.2. The zero-order chi connectivity index (χ0) is 27.4. The van der Waals surface area contributed by atoms with Gasteiger partial charge >= 0.3 is 5.97 Å². The van der Waals surface area contributed by atoms with E-state index in [1.807, 2.05) is 31.2 Å². The summed E-state index contributed by atoms with van der Waals surface area (Å²) < 4.78 is 17.1. The number of hydrogen-bond donors (Lipinski definition) is 0. The number of aryl methyl sites for hydroxylation is 1. The smallest absolute Gasteiger partial charge is 0.325 e. The number of anilines is 1. The van der Waals surface area contributed by atoms with Gasteiger partial charge in [0.2, 0.25) is 0 Å². The molecule has 0 atom stereocenters. The quantitative estimate of drug-likeness (QED) is 0.171. The molecule has 1 aliphatic heterocycles. The molecule has 0 saturated carbocycles. The Morgan fingerprint density at radius 3 is 2.39 bits per heavy atom. The lowest BCUT2D eigenvalue weighted by Crippen LogP contribution is -2.35. The van der Waals surface area contributed by atoms with Gasteiger partial charge < -0.3 is 19.1 Å². The van der Waals surface area contributed by atoms with E-state index in [4.69, 9.17) is 38.0 Å². The van der Waals surface area contributed by atoms with Gasteiger partial charge in [0.1, 0.15) is 18.8 Å². The van der Waals surface area contributed by atoms with Crippen LogP contribution in [0, 0.1) is 6.92 Å². The molecule has 0 aromatic heterocycles. The second-order valence-electron chi connectivity index (χ2n) is 8.40. The molecule has 10 heteroatoms. The third-order valence-corrected chi connectivity index (χ3v) is 7.04. The van der Waals surface area contributed by atoms with Gasteiger partial charge in [0, 0.05) is 5.02 Å². The highest BCUT2D eigenvalue weighted by molar-refractivity contribution is 9.10. The monoisotopic (exact) mass is 614 g/mol. The van der Waals surface area contributed by atoms with Crippen molar-refractivity contribution >= 4 is 68.5 Å². The molecular weight excluding hydrogens is 592 g/mol. The Morgan fingerprint density at radius 1 is 1.08 bits per heavy atom. The second-order valence-corrected chi connectivity index (χ2v) is 10.1. The van der Waals surface area contributed by atoms with Crippen LogP contribution in [0.1, 0.15) is 16.7 Å². The Bertz CT molecular complexity index is 1410. The maximum atomic E-state index is 13.6. The van der Waals surface area contributed by atoms with Crippen LogP contribution < -0.4 is 14.4 Å². The van der Waals surface area contributed by atoms with E-state index in [0.717, 1.165) is 5.56 Å². The number of methoxy groups -OCH3 is 2. The lowest BCUT2D eigenvalue weighted by molar-refractivity contribution is -0.140. The molecule has 3 aromatic rings. The SMILES string of the molecule is COC(=O)CN1C(=S)N(c2ccc(Cl)cc2)C(=O)/C1=C/c1cc(Br)c(OCc2ccc(C)cc2)c(OC)c1. The third kappa shape index (κ3) is 6.01. The molecule has 0 spiro atoms. The van der Waals surface area contributed by atoms with Crippen LogP contribution in [0.3, 0.4) is 0 Å². The average Bonchev–Trinajstić information content (AvgIpc) is 3.13. The van der Waals surface area contributed by atoms with Crippen LogP contribution in [-0.4, -0.2) is 42.7 Å². The van der Waals surface area contributed by atoms with Crippen LogP contribution in [0.25, 0.3) is 6.08 Å². The van der Waals surface area contributed by atoms with Crippen LogP contribution in [0.2, 0.25) is 5.02 Å². The molecule has 1 heterocycles. The van der Waals surface area contributed by atoms with Gasteiger partial charge in [-0.15, -0.1) is 0 Å². The van der Waals surface area contributed by atoms with Crippen LogP contribution in [-0.2, 0) is 20.9 Å². The third-order valence-electron chi connectivity index (χ3n) is 5.79. The minimum absolute atomic E-state index is 0.151. The lowest BCUT2D eigenvalue weighted by atomic mass is 10.1. The van der Waals surface area contributed by atoms with Crippen LogP contribution in [0.4, 0.5) is 5.69 Å². The summed E-state index contributed by atoms with van der Waals surface area (Å²) in [6.07, 6.45) is 1.64. The van der Waals surface area contributed by atoms with Crippen molar-refractivity contribution < 1.29 is 23.8 Å². The number of hydrogen-bond acceptors (Lipinski definition) is 6. The van der Waals surface area contributed by atoms with Crippen molar-refractivity contribution in [1.82, 2.24) is 4.90 Å². The fourth-order valence-corrected chi connectivity index (χ4v) is 4.86. The highest BCUT2D eigenvalue weighted by Gasteiger charge is 2.40. The van der Waals surface area contributed by atoms with Crippen molar-refractivity contribution in [2.45, 2.75) is 13.5 Å². The molecule has 4 rings (SSSR count). The van der Waals surface area contributed by atoms with Gasteiger partial charge in [-0.25, -0.2) is 0 Å². The van der Waals surface area contributed by atoms with E-state index < -0.39 is 11.9 Å². The van der Waals surface area contributed by atoms with Gasteiger partial charge in [-0.3, -0.25) is 14.5 Å². The second kappa shape index (κ2) is 12.0. The topological polar surface area (TPSA) is 68.3 Å². The minimum Gasteiger partial charge on any atom is -0.493 e. The number of esters is 1. The van der Waals surface area contributed by atoms with Crippen LogP contribution >= 0.6 is 39.7 Å². The summed E-state index contributed by atoms with van der Waals surface area (Å²) in [6, 6.07) is 18.3. The van der Waals surface area contributed by atoms with E-state index in [9.17, 15) is 9.59 Å². The van der Waals surface area contributed by atoms with E-state index in [2.05, 4.69) is 15.9 Å². The summed E-state index contributed by atoms with van der Waals surface area (Å²) in [5.41, 5.74) is 3.55. The van der Waals surface area contributed by atoms with Crippen molar-refractivity contribution in [1.29, 1.82) is 0 Å². The molecule has 1 saturated heterocycles. The number of ether oxygens (including phenoxy) is 3. The van der Waals surface area contributed by atoms with Crippen molar-refractivity contribution in [3.8, 4) is 11.5 Å². The number of carbonyl (C=O) groups is 2. The average molecular weight is 616 g/mol. The Balaban J connectivity index is 1.68. The Kier molecular flexibility index (Phi) is 8.71. The summed E-state index contributed by atoms with van der Waals surface area (Å²) in [5, 5.41) is 0.674. The van der Waals surface area contributed by atoms with Gasteiger partial charge in [-0.1, -0.05) is 41.4 Å². The van der Waals surface area contributed by atoms with Gasteiger partial charge in [0.25, 0.3) is 5.91 Å². The predicted octanol–water partition coefficient (Wildman–Crippen LogP) is 6.15. The number of thiocarbonyl (C=S) groups is 1. The van der Waals surface area contributed by atoms with E-state index in [-0.39, 0.29) is 17.4 Å². The Hall–Kier alpha value is -3.40. The molecule has 1 amide bonds. The van der Waals surface area contributed by atoms with E-state index in [1.54, 1.807) is 49.6 Å². The fourth-order valence-electron chi connectivity index (χ4n) is 3.81. The molecule has 3 aromatic carbocycles. The number of carbonyl (C=O) groups excluding carboxylic acids is 2. The largest absolute Gasteiger partial charge is 0.493 e. The van der Waals surface area contributed by atoms with Crippen molar-refractivity contribution in [3.05, 3.63) is 92.5 Å². The first-order valence-electron chi connectivity index (χ1n) is 11.5. The molecule has 0 N–H and O–H groups in total. The van der Waals surface area contributed by atoms with Crippen molar-refractivity contribution in [2.24, 2.45) is 0 Å². The predicted molar refractivity (Wildman–Crippen MR) is 154 cm³/mol. The number of amides is 1. The normalized spacial score (nSPS) is 14.3. The molecule has 0 aliphatic carbocycles. The van der Waals surface area contributed by atoms with Gasteiger partial charge in [-0.05, 0) is 88.7 Å². The van der Waals surface area contributed by atoms with E-state index in [0.29, 0.717) is 38.9 Å². The summed E-state index contributed by atoms with van der Waals surface area (Å²) in [6.45, 7) is 2.15. The summed E-state index contributed by atoms with van der Waals surface area (Å²) in [7, 11) is 2.82. The molecule has 0 bridgehead atoms. The molecular formula is C28H24BrClN2O5S. The maximum Gasteiger partial charge on any atom is 0.325 e. The number of rotatable bonds is 8. The summed E-state index contributed by atoms with van der Waals surface area (Å²) in [5.74, 6) is 0.0665. The molecule has 1 fully saturated rings. The first-order valence-corrected chi connectivity index (χ1v) is 13.1. The summed E-state index contributed by atoms with van der Waals surface area (Å²) >= 11 is 15.2. The highest BCUT2D eigenvalue weighted by Crippen LogP contribution is 2.39. The molecule has 38 heavy (non-hydrogen) atoms. The summed E-state index contributed by atoms with van der Waals surface area (Å²) in [4.78, 5) is 28.5. The van der Waals surface area contributed by atoms with Crippen LogP contribution in [0.15, 0.2) is 70.8 Å². The molecule has 1 aliphatic rings. The van der Waals surface area contributed by atoms with E-state index in [1.165, 1.54) is 22.5 Å². The van der Waals surface area contributed by atoms with Gasteiger partial charge in [-0.2, -0.15) is 0 Å². The fraction of sp³-hybridized carbons (Fsp3) is 0.179.